The van der Waals surface area contributed by atoms with Gasteiger partial charge in [0.1, 0.15) is 5.82 Å². The van der Waals surface area contributed by atoms with E-state index in [1.165, 1.54) is 4.68 Å². The molecule has 2 heterocycles. The number of nitrogens with zero attached hydrogens (tertiary/aromatic N) is 3. The first kappa shape index (κ1) is 16.1. The number of sulfone groups is 1. The van der Waals surface area contributed by atoms with Gasteiger partial charge in [0.05, 0.1) is 13.2 Å². The van der Waals surface area contributed by atoms with Crippen molar-refractivity contribution in [3.8, 4) is 0 Å². The molecule has 0 bridgehead atoms. The number of hydrogen-bond acceptors (Lipinski definition) is 7. The lowest BCUT2D eigenvalue weighted by molar-refractivity contribution is 0.270. The van der Waals surface area contributed by atoms with Crippen molar-refractivity contribution < 1.29 is 13.5 Å². The van der Waals surface area contributed by atoms with Crippen LogP contribution in [0, 0.1) is 5.92 Å². The Balaban J connectivity index is 2.36. The van der Waals surface area contributed by atoms with Crippen LogP contribution in [-0.4, -0.2) is 55.8 Å². The summed E-state index contributed by atoms with van der Waals surface area (Å²) in [4.78, 5) is 1.99. The molecule has 0 saturated carbocycles. The molecule has 8 nitrogen and oxygen atoms in total. The summed E-state index contributed by atoms with van der Waals surface area (Å²) in [6.07, 6.45) is 2.94. The quantitative estimate of drug-likeness (QED) is 0.638. The Morgan fingerprint density at radius 1 is 1.38 bits per heavy atom. The number of rotatable bonds is 5. The summed E-state index contributed by atoms with van der Waals surface area (Å²) in [5, 5.41) is 13.3. The standard InChI is InChI=1S/C12H23N5O3S/c1-21(19,20)10-11(14)17(6-7-18)15-12(10)16-4-2-9(8-13)3-5-16/h9,18H,2-8,13-14H2,1H3. The molecule has 0 aliphatic carbocycles. The topological polar surface area (TPSA) is 127 Å². The molecule has 0 atom stereocenters. The summed E-state index contributed by atoms with van der Waals surface area (Å²) in [6.45, 7) is 2.09. The molecular weight excluding hydrogens is 294 g/mol. The maximum atomic E-state index is 12.0. The van der Waals surface area contributed by atoms with Crippen LogP contribution in [0.25, 0.3) is 0 Å². The molecule has 1 aromatic heterocycles. The third kappa shape index (κ3) is 3.30. The minimum Gasteiger partial charge on any atom is -0.394 e. The lowest BCUT2D eigenvalue weighted by Gasteiger charge is -2.31. The lowest BCUT2D eigenvalue weighted by Crippen LogP contribution is -2.37. The summed E-state index contributed by atoms with van der Waals surface area (Å²) in [6, 6.07) is 0. The number of hydrogen-bond donors (Lipinski definition) is 3. The van der Waals surface area contributed by atoms with Crippen molar-refractivity contribution >= 4 is 21.5 Å². The summed E-state index contributed by atoms with van der Waals surface area (Å²) < 4.78 is 25.4. The summed E-state index contributed by atoms with van der Waals surface area (Å²) >= 11 is 0. The van der Waals surface area contributed by atoms with Crippen LogP contribution in [-0.2, 0) is 16.4 Å². The van der Waals surface area contributed by atoms with Gasteiger partial charge in [-0.1, -0.05) is 0 Å². The number of nitrogen functional groups attached to an aromatic ring is 1. The van der Waals surface area contributed by atoms with E-state index < -0.39 is 9.84 Å². The van der Waals surface area contributed by atoms with Crippen LogP contribution < -0.4 is 16.4 Å². The number of piperidine rings is 1. The van der Waals surface area contributed by atoms with Gasteiger partial charge in [-0.25, -0.2) is 13.1 Å². The van der Waals surface area contributed by atoms with Crippen LogP contribution in [0.5, 0.6) is 0 Å². The van der Waals surface area contributed by atoms with E-state index in [-0.39, 0.29) is 23.9 Å². The molecule has 1 fully saturated rings. The van der Waals surface area contributed by atoms with Gasteiger partial charge >= 0.3 is 0 Å². The van der Waals surface area contributed by atoms with E-state index in [4.69, 9.17) is 16.6 Å². The van der Waals surface area contributed by atoms with E-state index in [9.17, 15) is 8.42 Å². The van der Waals surface area contributed by atoms with Gasteiger partial charge in [0, 0.05) is 19.3 Å². The summed E-state index contributed by atoms with van der Waals surface area (Å²) in [5.74, 6) is 0.946. The molecule has 1 saturated heterocycles. The first-order chi connectivity index (χ1) is 9.88. The van der Waals surface area contributed by atoms with E-state index >= 15 is 0 Å². The van der Waals surface area contributed by atoms with E-state index in [0.717, 1.165) is 19.1 Å². The minimum absolute atomic E-state index is 0.0575. The third-order valence-corrected chi connectivity index (χ3v) is 4.99. The molecule has 0 aromatic carbocycles. The highest BCUT2D eigenvalue weighted by Gasteiger charge is 2.29. The average molecular weight is 317 g/mol. The molecule has 1 aliphatic rings. The lowest BCUT2D eigenvalue weighted by atomic mass is 9.97. The second-order valence-electron chi connectivity index (χ2n) is 5.42. The maximum absolute atomic E-state index is 12.0. The van der Waals surface area contributed by atoms with Gasteiger partial charge in [-0.05, 0) is 25.3 Å². The van der Waals surface area contributed by atoms with Crippen LogP contribution in [0.15, 0.2) is 4.90 Å². The fraction of sp³-hybridized carbons (Fsp3) is 0.750. The highest BCUT2D eigenvalue weighted by Crippen LogP contribution is 2.32. The molecule has 120 valence electrons. The van der Waals surface area contributed by atoms with Gasteiger partial charge in [0.15, 0.2) is 20.6 Å². The first-order valence-corrected chi connectivity index (χ1v) is 8.89. The molecule has 1 aliphatic heterocycles. The molecule has 2 rings (SSSR count). The predicted molar refractivity (Wildman–Crippen MR) is 80.8 cm³/mol. The normalized spacial score (nSPS) is 17.4. The van der Waals surface area contributed by atoms with Gasteiger partial charge in [0.2, 0.25) is 0 Å². The first-order valence-electron chi connectivity index (χ1n) is 7.00. The SMILES string of the molecule is CS(=O)(=O)c1c(N2CCC(CN)CC2)nn(CCO)c1N. The van der Waals surface area contributed by atoms with Crippen LogP contribution in [0.1, 0.15) is 12.8 Å². The highest BCUT2D eigenvalue weighted by atomic mass is 32.2. The zero-order valence-corrected chi connectivity index (χ0v) is 13.0. The molecule has 0 radical (unpaired) electrons. The highest BCUT2D eigenvalue weighted by molar-refractivity contribution is 7.91. The van der Waals surface area contributed by atoms with Crippen molar-refractivity contribution in [3.05, 3.63) is 0 Å². The van der Waals surface area contributed by atoms with Gasteiger partial charge < -0.3 is 21.5 Å². The van der Waals surface area contributed by atoms with Crippen molar-refractivity contribution in [1.29, 1.82) is 0 Å². The zero-order chi connectivity index (χ0) is 15.6. The monoisotopic (exact) mass is 317 g/mol. The van der Waals surface area contributed by atoms with E-state index in [2.05, 4.69) is 5.10 Å². The number of anilines is 2. The second kappa shape index (κ2) is 6.20. The molecular formula is C12H23N5O3S. The minimum atomic E-state index is -3.49. The van der Waals surface area contributed by atoms with Crippen molar-refractivity contribution in [2.45, 2.75) is 24.3 Å². The van der Waals surface area contributed by atoms with Crippen LogP contribution in [0.3, 0.4) is 0 Å². The molecule has 1 aromatic rings. The van der Waals surface area contributed by atoms with Crippen LogP contribution in [0.4, 0.5) is 11.6 Å². The Hall–Kier alpha value is -1.32. The van der Waals surface area contributed by atoms with Gasteiger partial charge in [0.25, 0.3) is 0 Å². The van der Waals surface area contributed by atoms with Crippen molar-refractivity contribution in [1.82, 2.24) is 9.78 Å². The van der Waals surface area contributed by atoms with Gasteiger partial charge in [-0.3, -0.25) is 0 Å². The van der Waals surface area contributed by atoms with E-state index in [1.54, 1.807) is 0 Å². The van der Waals surface area contributed by atoms with Gasteiger partial charge in [-0.15, -0.1) is 0 Å². The Kier molecular flexibility index (Phi) is 4.74. The van der Waals surface area contributed by atoms with Crippen LogP contribution in [0.2, 0.25) is 0 Å². The smallest absolute Gasteiger partial charge is 0.182 e. The van der Waals surface area contributed by atoms with Gasteiger partial charge in [-0.2, -0.15) is 5.10 Å². The van der Waals surface area contributed by atoms with Crippen LogP contribution >= 0.6 is 0 Å². The Morgan fingerprint density at radius 2 is 2.00 bits per heavy atom. The Bertz CT molecular complexity index is 590. The predicted octanol–water partition coefficient (Wildman–Crippen LogP) is -0.964. The molecule has 21 heavy (non-hydrogen) atoms. The maximum Gasteiger partial charge on any atom is 0.182 e. The number of aromatic nitrogens is 2. The zero-order valence-electron chi connectivity index (χ0n) is 12.2. The van der Waals surface area contributed by atoms with Crippen molar-refractivity contribution in [2.24, 2.45) is 11.7 Å². The number of aliphatic hydroxyl groups is 1. The molecule has 0 unspecified atom stereocenters. The molecule has 0 amide bonds. The molecule has 0 spiro atoms. The molecule has 5 N–H and O–H groups in total. The summed E-state index contributed by atoms with van der Waals surface area (Å²) in [5.41, 5.74) is 11.6. The number of aliphatic hydroxyl groups excluding tert-OH is 1. The third-order valence-electron chi connectivity index (χ3n) is 3.86. The summed E-state index contributed by atoms with van der Waals surface area (Å²) in [7, 11) is -3.49. The second-order valence-corrected chi connectivity index (χ2v) is 7.38. The van der Waals surface area contributed by atoms with E-state index in [0.29, 0.717) is 31.4 Å². The Morgan fingerprint density at radius 3 is 2.48 bits per heavy atom. The van der Waals surface area contributed by atoms with E-state index in [1.807, 2.05) is 4.90 Å². The Labute approximate surface area is 124 Å². The van der Waals surface area contributed by atoms with Crippen molar-refractivity contribution in [2.75, 3.05) is 43.1 Å². The average Bonchev–Trinajstić information content (AvgIpc) is 2.76. The fourth-order valence-electron chi connectivity index (χ4n) is 2.65. The molecule has 9 heteroatoms. The largest absolute Gasteiger partial charge is 0.394 e. The fourth-order valence-corrected chi connectivity index (χ4v) is 3.64. The number of nitrogens with two attached hydrogens (primary N) is 2. The van der Waals surface area contributed by atoms with Crippen molar-refractivity contribution in [3.63, 3.8) is 0 Å².